The Kier molecular flexibility index (Phi) is 4.31. The quantitative estimate of drug-likeness (QED) is 0.678. The third-order valence-corrected chi connectivity index (χ3v) is 5.14. The number of fused-ring (bicyclic) bond motifs is 2. The van der Waals surface area contributed by atoms with Crippen molar-refractivity contribution in [2.45, 2.75) is 31.8 Å². The Morgan fingerprint density at radius 2 is 2.00 bits per heavy atom. The normalized spacial score (nSPS) is 16.4. The van der Waals surface area contributed by atoms with Crippen molar-refractivity contribution in [1.82, 2.24) is 10.3 Å². The SMILES string of the molecule is NC(=O)c1cc2c([nH]c1=O)CCCC2NCc1cccc2ccccc12. The molecule has 0 spiro atoms. The van der Waals surface area contributed by atoms with Crippen LogP contribution in [0.5, 0.6) is 0 Å². The molecule has 4 N–H and O–H groups in total. The maximum absolute atomic E-state index is 12.0. The van der Waals surface area contributed by atoms with Gasteiger partial charge < -0.3 is 16.0 Å². The number of carbonyl (C=O) groups excluding carboxylic acids is 1. The van der Waals surface area contributed by atoms with Crippen molar-refractivity contribution < 1.29 is 4.79 Å². The smallest absolute Gasteiger partial charge is 0.261 e. The molecular weight excluding hydrogens is 326 g/mol. The molecule has 2 aromatic carbocycles. The Bertz CT molecular complexity index is 1030. The van der Waals surface area contributed by atoms with Gasteiger partial charge in [0, 0.05) is 18.3 Å². The van der Waals surface area contributed by atoms with E-state index in [1.165, 1.54) is 16.3 Å². The van der Waals surface area contributed by atoms with Gasteiger partial charge in [-0.15, -0.1) is 0 Å². The fraction of sp³-hybridized carbons (Fsp3) is 0.238. The molecule has 5 nitrogen and oxygen atoms in total. The molecule has 1 aliphatic rings. The second-order valence-corrected chi connectivity index (χ2v) is 6.77. The third kappa shape index (κ3) is 3.02. The van der Waals surface area contributed by atoms with Gasteiger partial charge in [0.25, 0.3) is 11.5 Å². The number of hydrogen-bond acceptors (Lipinski definition) is 3. The zero-order valence-electron chi connectivity index (χ0n) is 14.4. The van der Waals surface area contributed by atoms with Gasteiger partial charge in [0.15, 0.2) is 0 Å². The number of aromatic nitrogens is 1. The molecule has 0 saturated heterocycles. The number of aromatic amines is 1. The zero-order chi connectivity index (χ0) is 18.1. The molecule has 5 heteroatoms. The summed E-state index contributed by atoms with van der Waals surface area (Å²) in [6.07, 6.45) is 2.77. The van der Waals surface area contributed by atoms with Crippen molar-refractivity contribution in [3.8, 4) is 0 Å². The highest BCUT2D eigenvalue weighted by atomic mass is 16.2. The minimum atomic E-state index is -0.688. The summed E-state index contributed by atoms with van der Waals surface area (Å²) in [7, 11) is 0. The summed E-state index contributed by atoms with van der Waals surface area (Å²) in [5, 5.41) is 6.05. The number of hydrogen-bond donors (Lipinski definition) is 3. The first-order valence-corrected chi connectivity index (χ1v) is 8.89. The summed E-state index contributed by atoms with van der Waals surface area (Å²) in [5.41, 5.74) is 8.09. The van der Waals surface area contributed by atoms with Crippen LogP contribution in [0.15, 0.2) is 53.3 Å². The number of carbonyl (C=O) groups is 1. The van der Waals surface area contributed by atoms with Crippen molar-refractivity contribution in [3.63, 3.8) is 0 Å². The Hall–Kier alpha value is -2.92. The Morgan fingerprint density at radius 1 is 1.19 bits per heavy atom. The lowest BCUT2D eigenvalue weighted by atomic mass is 9.90. The second kappa shape index (κ2) is 6.77. The van der Waals surface area contributed by atoms with E-state index < -0.39 is 11.5 Å². The molecule has 0 fully saturated rings. The van der Waals surface area contributed by atoms with Crippen LogP contribution in [0.4, 0.5) is 0 Å². The summed E-state index contributed by atoms with van der Waals surface area (Å²) in [6, 6.07) is 16.4. The van der Waals surface area contributed by atoms with Gasteiger partial charge in [0.05, 0.1) is 0 Å². The van der Waals surface area contributed by atoms with Crippen LogP contribution >= 0.6 is 0 Å². The molecule has 0 bridgehead atoms. The number of aryl methyl sites for hydroxylation is 1. The largest absolute Gasteiger partial charge is 0.365 e. The fourth-order valence-corrected chi connectivity index (χ4v) is 3.82. The van der Waals surface area contributed by atoms with Gasteiger partial charge in [-0.3, -0.25) is 9.59 Å². The third-order valence-electron chi connectivity index (χ3n) is 5.14. The highest BCUT2D eigenvalue weighted by molar-refractivity contribution is 5.92. The molecular formula is C21H21N3O2. The summed E-state index contributed by atoms with van der Waals surface area (Å²) >= 11 is 0. The van der Waals surface area contributed by atoms with Crippen LogP contribution in [-0.4, -0.2) is 10.9 Å². The van der Waals surface area contributed by atoms with E-state index in [-0.39, 0.29) is 11.6 Å². The van der Waals surface area contributed by atoms with Gasteiger partial charge in [0.1, 0.15) is 5.56 Å². The summed E-state index contributed by atoms with van der Waals surface area (Å²) in [4.78, 5) is 26.3. The number of nitrogens with one attached hydrogen (secondary N) is 2. The highest BCUT2D eigenvalue weighted by Crippen LogP contribution is 2.29. The lowest BCUT2D eigenvalue weighted by Crippen LogP contribution is -2.31. The molecule has 0 aliphatic heterocycles. The Balaban J connectivity index is 1.63. The van der Waals surface area contributed by atoms with Gasteiger partial charge in [-0.25, -0.2) is 0 Å². The van der Waals surface area contributed by atoms with Gasteiger partial charge in [0.2, 0.25) is 0 Å². The Labute approximate surface area is 151 Å². The van der Waals surface area contributed by atoms with E-state index in [0.717, 1.165) is 37.1 Å². The van der Waals surface area contributed by atoms with E-state index in [9.17, 15) is 9.59 Å². The average Bonchev–Trinajstić information content (AvgIpc) is 2.65. The topological polar surface area (TPSA) is 88.0 Å². The van der Waals surface area contributed by atoms with Crippen molar-refractivity contribution in [1.29, 1.82) is 0 Å². The van der Waals surface area contributed by atoms with E-state index in [4.69, 9.17) is 5.73 Å². The first kappa shape index (κ1) is 16.5. The number of benzene rings is 2. The lowest BCUT2D eigenvalue weighted by molar-refractivity contribution is 0.0998. The van der Waals surface area contributed by atoms with E-state index in [1.807, 2.05) is 12.1 Å². The maximum Gasteiger partial charge on any atom is 0.261 e. The van der Waals surface area contributed by atoms with Crippen molar-refractivity contribution in [2.75, 3.05) is 0 Å². The number of primary amides is 1. The summed E-state index contributed by atoms with van der Waals surface area (Å²) in [6.45, 7) is 0.719. The van der Waals surface area contributed by atoms with Crippen LogP contribution < -0.4 is 16.6 Å². The molecule has 1 unspecified atom stereocenters. The standard InChI is InChI=1S/C21H21N3O2/c22-20(25)17-11-16-18(9-4-10-19(16)24-21(17)26)23-12-14-7-3-6-13-5-1-2-8-15(13)14/h1-3,5-8,11,18,23H,4,9-10,12H2,(H2,22,25)(H,24,26). The lowest BCUT2D eigenvalue weighted by Gasteiger charge is -2.26. The summed E-state index contributed by atoms with van der Waals surface area (Å²) < 4.78 is 0. The maximum atomic E-state index is 12.0. The first-order valence-electron chi connectivity index (χ1n) is 8.89. The predicted octanol–water partition coefficient (Wildman–Crippen LogP) is 2.79. The fourth-order valence-electron chi connectivity index (χ4n) is 3.82. The predicted molar refractivity (Wildman–Crippen MR) is 102 cm³/mol. The number of nitrogens with two attached hydrogens (primary N) is 1. The molecule has 1 aromatic heterocycles. The van der Waals surface area contributed by atoms with Crippen molar-refractivity contribution >= 4 is 16.7 Å². The molecule has 1 amide bonds. The van der Waals surface area contributed by atoms with Crippen LogP contribution in [-0.2, 0) is 13.0 Å². The number of pyridine rings is 1. The molecule has 26 heavy (non-hydrogen) atoms. The second-order valence-electron chi connectivity index (χ2n) is 6.77. The average molecular weight is 347 g/mol. The van der Waals surface area contributed by atoms with E-state index in [0.29, 0.717) is 0 Å². The monoisotopic (exact) mass is 347 g/mol. The molecule has 1 heterocycles. The number of rotatable bonds is 4. The van der Waals surface area contributed by atoms with E-state index >= 15 is 0 Å². The van der Waals surface area contributed by atoms with Crippen LogP contribution in [0.1, 0.15) is 46.1 Å². The van der Waals surface area contributed by atoms with Crippen molar-refractivity contribution in [3.05, 3.63) is 81.3 Å². The van der Waals surface area contributed by atoms with Crippen molar-refractivity contribution in [2.24, 2.45) is 5.73 Å². The minimum Gasteiger partial charge on any atom is -0.365 e. The van der Waals surface area contributed by atoms with Gasteiger partial charge >= 0.3 is 0 Å². The molecule has 132 valence electrons. The van der Waals surface area contributed by atoms with Crippen LogP contribution in [0, 0.1) is 0 Å². The number of H-pyrrole nitrogens is 1. The molecule has 3 aromatic rings. The van der Waals surface area contributed by atoms with Crippen LogP contribution in [0.3, 0.4) is 0 Å². The molecule has 0 saturated carbocycles. The highest BCUT2D eigenvalue weighted by Gasteiger charge is 2.23. The minimum absolute atomic E-state index is 0.0302. The van der Waals surface area contributed by atoms with Crippen LogP contribution in [0.2, 0.25) is 0 Å². The Morgan fingerprint density at radius 3 is 2.85 bits per heavy atom. The van der Waals surface area contributed by atoms with Gasteiger partial charge in [-0.05, 0) is 47.2 Å². The number of amides is 1. The molecule has 1 atom stereocenters. The van der Waals surface area contributed by atoms with Crippen LogP contribution in [0.25, 0.3) is 10.8 Å². The zero-order valence-corrected chi connectivity index (χ0v) is 14.4. The van der Waals surface area contributed by atoms with Gasteiger partial charge in [-0.2, -0.15) is 0 Å². The first-order chi connectivity index (χ1) is 12.6. The van der Waals surface area contributed by atoms with E-state index in [2.05, 4.69) is 40.6 Å². The van der Waals surface area contributed by atoms with Gasteiger partial charge in [-0.1, -0.05) is 42.5 Å². The van der Waals surface area contributed by atoms with E-state index in [1.54, 1.807) is 6.07 Å². The summed E-state index contributed by atoms with van der Waals surface area (Å²) in [5.74, 6) is -0.688. The molecule has 4 rings (SSSR count). The molecule has 1 aliphatic carbocycles. The molecule has 0 radical (unpaired) electrons.